The summed E-state index contributed by atoms with van der Waals surface area (Å²) in [4.78, 5) is 12.0. The van der Waals surface area contributed by atoms with Crippen molar-refractivity contribution in [3.63, 3.8) is 0 Å². The maximum absolute atomic E-state index is 12.0. The standard InChI is InChI=1S/C16H22N2O2/c1-4-16(20,5-2)11-17-13-10-15(19)18(3)14-9-7-6-8-12(13)14/h6-10,17,20H,4-5,11H2,1-3H3. The first-order valence-electron chi connectivity index (χ1n) is 7.06. The van der Waals surface area contributed by atoms with Gasteiger partial charge >= 0.3 is 0 Å². The summed E-state index contributed by atoms with van der Waals surface area (Å²) < 4.78 is 1.63. The zero-order chi connectivity index (χ0) is 14.8. The van der Waals surface area contributed by atoms with Crippen LogP contribution in [0, 0.1) is 0 Å². The zero-order valence-corrected chi connectivity index (χ0v) is 12.3. The van der Waals surface area contributed by atoms with E-state index in [0.29, 0.717) is 19.4 Å². The fourth-order valence-corrected chi connectivity index (χ4v) is 2.32. The molecule has 0 amide bonds. The molecule has 1 aromatic heterocycles. The molecule has 2 aromatic rings. The number of pyridine rings is 1. The number of rotatable bonds is 5. The average Bonchev–Trinajstić information content (AvgIpc) is 2.49. The van der Waals surface area contributed by atoms with Crippen molar-refractivity contribution in [1.29, 1.82) is 0 Å². The van der Waals surface area contributed by atoms with Gasteiger partial charge in [-0.15, -0.1) is 0 Å². The molecule has 20 heavy (non-hydrogen) atoms. The van der Waals surface area contributed by atoms with Crippen LogP contribution in [0.4, 0.5) is 5.69 Å². The van der Waals surface area contributed by atoms with E-state index in [1.54, 1.807) is 17.7 Å². The topological polar surface area (TPSA) is 54.3 Å². The molecule has 0 aliphatic carbocycles. The number of nitrogens with zero attached hydrogens (tertiary/aromatic N) is 1. The first-order chi connectivity index (χ1) is 9.50. The third kappa shape index (κ3) is 2.70. The fraction of sp³-hybridized carbons (Fsp3) is 0.438. The van der Waals surface area contributed by atoms with Crippen LogP contribution in [0.25, 0.3) is 10.9 Å². The van der Waals surface area contributed by atoms with E-state index in [-0.39, 0.29) is 5.56 Å². The second-order valence-corrected chi connectivity index (χ2v) is 5.26. The minimum atomic E-state index is -0.734. The summed E-state index contributed by atoms with van der Waals surface area (Å²) in [5.74, 6) is 0. The second-order valence-electron chi connectivity index (χ2n) is 5.26. The lowest BCUT2D eigenvalue weighted by molar-refractivity contribution is 0.0457. The fourth-order valence-electron chi connectivity index (χ4n) is 2.32. The predicted molar refractivity (Wildman–Crippen MR) is 83.2 cm³/mol. The normalized spacial score (nSPS) is 11.8. The van der Waals surface area contributed by atoms with Crippen molar-refractivity contribution in [2.75, 3.05) is 11.9 Å². The van der Waals surface area contributed by atoms with Crippen LogP contribution in [0.15, 0.2) is 35.1 Å². The number of fused-ring (bicyclic) bond motifs is 1. The molecule has 4 heteroatoms. The van der Waals surface area contributed by atoms with Crippen molar-refractivity contribution in [3.05, 3.63) is 40.7 Å². The largest absolute Gasteiger partial charge is 0.388 e. The Morgan fingerprint density at radius 1 is 1.25 bits per heavy atom. The number of aromatic nitrogens is 1. The quantitative estimate of drug-likeness (QED) is 0.881. The van der Waals surface area contributed by atoms with E-state index < -0.39 is 5.60 Å². The summed E-state index contributed by atoms with van der Waals surface area (Å²) in [7, 11) is 1.77. The Morgan fingerprint density at radius 2 is 1.90 bits per heavy atom. The van der Waals surface area contributed by atoms with E-state index >= 15 is 0 Å². The van der Waals surface area contributed by atoms with Crippen molar-refractivity contribution in [2.24, 2.45) is 7.05 Å². The molecule has 0 atom stereocenters. The molecule has 0 saturated heterocycles. The molecular formula is C16H22N2O2. The van der Waals surface area contributed by atoms with Crippen LogP contribution in [0.5, 0.6) is 0 Å². The van der Waals surface area contributed by atoms with Gasteiger partial charge in [0, 0.05) is 30.7 Å². The Hall–Kier alpha value is -1.81. The molecule has 0 aliphatic heterocycles. The minimum Gasteiger partial charge on any atom is -0.388 e. The van der Waals surface area contributed by atoms with E-state index in [2.05, 4.69) is 5.32 Å². The molecule has 0 saturated carbocycles. The van der Waals surface area contributed by atoms with Gasteiger partial charge in [-0.3, -0.25) is 4.79 Å². The molecule has 108 valence electrons. The minimum absolute atomic E-state index is 0.0530. The molecular weight excluding hydrogens is 252 g/mol. The van der Waals surface area contributed by atoms with Crippen molar-refractivity contribution in [1.82, 2.24) is 4.57 Å². The van der Waals surface area contributed by atoms with Crippen molar-refractivity contribution < 1.29 is 5.11 Å². The Morgan fingerprint density at radius 3 is 2.55 bits per heavy atom. The van der Waals surface area contributed by atoms with Crippen LogP contribution >= 0.6 is 0 Å². The van der Waals surface area contributed by atoms with E-state index in [1.807, 2.05) is 38.1 Å². The highest BCUT2D eigenvalue weighted by atomic mass is 16.3. The number of hydrogen-bond acceptors (Lipinski definition) is 3. The molecule has 0 bridgehead atoms. The molecule has 2 rings (SSSR count). The number of aliphatic hydroxyl groups is 1. The van der Waals surface area contributed by atoms with Gasteiger partial charge < -0.3 is 15.0 Å². The molecule has 2 N–H and O–H groups in total. The zero-order valence-electron chi connectivity index (χ0n) is 12.3. The highest BCUT2D eigenvalue weighted by molar-refractivity contribution is 5.91. The van der Waals surface area contributed by atoms with Crippen LogP contribution in [0.1, 0.15) is 26.7 Å². The molecule has 0 radical (unpaired) electrons. The molecule has 4 nitrogen and oxygen atoms in total. The Bertz CT molecular complexity index is 657. The monoisotopic (exact) mass is 274 g/mol. The summed E-state index contributed by atoms with van der Waals surface area (Å²) in [5, 5.41) is 14.6. The molecule has 0 unspecified atom stereocenters. The smallest absolute Gasteiger partial charge is 0.252 e. The maximum Gasteiger partial charge on any atom is 0.252 e. The predicted octanol–water partition coefficient (Wildman–Crippen LogP) is 2.50. The van der Waals surface area contributed by atoms with E-state index in [1.165, 1.54) is 0 Å². The Kier molecular flexibility index (Phi) is 4.14. The SMILES string of the molecule is CCC(O)(CC)CNc1cc(=O)n(C)c2ccccc12. The highest BCUT2D eigenvalue weighted by Crippen LogP contribution is 2.22. The number of aryl methyl sites for hydroxylation is 1. The van der Waals surface area contributed by atoms with Gasteiger partial charge in [0.05, 0.1) is 11.1 Å². The maximum atomic E-state index is 12.0. The number of benzene rings is 1. The molecule has 1 heterocycles. The van der Waals surface area contributed by atoms with Crippen molar-refractivity contribution >= 4 is 16.6 Å². The third-order valence-electron chi connectivity index (χ3n) is 4.08. The molecule has 0 fully saturated rings. The van der Waals surface area contributed by atoms with Gasteiger partial charge in [-0.25, -0.2) is 0 Å². The first-order valence-corrected chi connectivity index (χ1v) is 7.06. The van der Waals surface area contributed by atoms with Gasteiger partial charge in [-0.05, 0) is 18.9 Å². The number of hydrogen-bond donors (Lipinski definition) is 2. The summed E-state index contributed by atoms with van der Waals surface area (Å²) in [6, 6.07) is 9.36. The summed E-state index contributed by atoms with van der Waals surface area (Å²) in [6.07, 6.45) is 1.36. The van der Waals surface area contributed by atoms with Crippen LogP contribution < -0.4 is 10.9 Å². The first kappa shape index (κ1) is 14.6. The van der Waals surface area contributed by atoms with Gasteiger partial charge in [-0.2, -0.15) is 0 Å². The lowest BCUT2D eigenvalue weighted by Gasteiger charge is -2.26. The number of para-hydroxylation sites is 1. The lowest BCUT2D eigenvalue weighted by Crippen LogP contribution is -2.35. The number of anilines is 1. The van der Waals surface area contributed by atoms with E-state index in [9.17, 15) is 9.90 Å². The number of nitrogens with one attached hydrogen (secondary N) is 1. The lowest BCUT2D eigenvalue weighted by atomic mass is 9.97. The van der Waals surface area contributed by atoms with Crippen molar-refractivity contribution in [2.45, 2.75) is 32.3 Å². The van der Waals surface area contributed by atoms with E-state index in [4.69, 9.17) is 0 Å². The Balaban J connectivity index is 2.40. The molecule has 1 aromatic carbocycles. The van der Waals surface area contributed by atoms with Crippen LogP contribution in [0.2, 0.25) is 0 Å². The summed E-state index contributed by atoms with van der Waals surface area (Å²) in [5.41, 5.74) is 0.883. The van der Waals surface area contributed by atoms with Crippen molar-refractivity contribution in [3.8, 4) is 0 Å². The summed E-state index contributed by atoms with van der Waals surface area (Å²) >= 11 is 0. The van der Waals surface area contributed by atoms with E-state index in [0.717, 1.165) is 16.6 Å². The molecule has 0 spiro atoms. The van der Waals surface area contributed by atoms with Gasteiger partial charge in [0.2, 0.25) is 0 Å². The second kappa shape index (κ2) is 5.67. The van der Waals surface area contributed by atoms with Gasteiger partial charge in [-0.1, -0.05) is 32.0 Å². The molecule has 0 aliphatic rings. The van der Waals surface area contributed by atoms with Gasteiger partial charge in [0.1, 0.15) is 0 Å². The summed E-state index contributed by atoms with van der Waals surface area (Å²) in [6.45, 7) is 4.37. The Labute approximate surface area is 119 Å². The van der Waals surface area contributed by atoms with Crippen LogP contribution in [0.3, 0.4) is 0 Å². The highest BCUT2D eigenvalue weighted by Gasteiger charge is 2.22. The van der Waals surface area contributed by atoms with Gasteiger partial charge in [0.25, 0.3) is 5.56 Å². The third-order valence-corrected chi connectivity index (χ3v) is 4.08. The average molecular weight is 274 g/mol. The van der Waals surface area contributed by atoms with Crippen LogP contribution in [-0.4, -0.2) is 21.8 Å². The van der Waals surface area contributed by atoms with Crippen LogP contribution in [-0.2, 0) is 7.05 Å². The van der Waals surface area contributed by atoms with Gasteiger partial charge in [0.15, 0.2) is 0 Å².